The highest BCUT2D eigenvalue weighted by Gasteiger charge is 2.10. The molecule has 0 amide bonds. The highest BCUT2D eigenvalue weighted by Crippen LogP contribution is 2.39. The maximum atomic E-state index is 10.4. The fourth-order valence-electron chi connectivity index (χ4n) is 2.39. The van der Waals surface area contributed by atoms with E-state index in [4.69, 9.17) is 4.74 Å². The zero-order valence-electron chi connectivity index (χ0n) is 12.8. The number of nitrogens with zero attached hydrogens (tertiary/aromatic N) is 2. The first-order valence-corrected chi connectivity index (χ1v) is 7.10. The summed E-state index contributed by atoms with van der Waals surface area (Å²) in [6.07, 6.45) is 0. The van der Waals surface area contributed by atoms with E-state index < -0.39 is 0 Å². The van der Waals surface area contributed by atoms with Crippen molar-refractivity contribution in [3.63, 3.8) is 0 Å². The number of rotatable bonds is 3. The lowest BCUT2D eigenvalue weighted by molar-refractivity contribution is 0.412. The summed E-state index contributed by atoms with van der Waals surface area (Å²) in [6.45, 7) is 1.85. The highest BCUT2D eigenvalue weighted by molar-refractivity contribution is 5.93. The zero-order chi connectivity index (χ0) is 16.4. The normalized spacial score (nSPS) is 11.2. The molecule has 2 N–H and O–H groups in total. The largest absolute Gasteiger partial charge is 0.506 e. The first-order valence-electron chi connectivity index (χ1n) is 7.10. The lowest BCUT2D eigenvalue weighted by Crippen LogP contribution is -1.82. The van der Waals surface area contributed by atoms with Crippen molar-refractivity contribution >= 4 is 22.1 Å². The van der Waals surface area contributed by atoms with Crippen molar-refractivity contribution in [2.24, 2.45) is 10.2 Å². The van der Waals surface area contributed by atoms with Crippen LogP contribution in [0.15, 0.2) is 58.8 Å². The molecule has 5 nitrogen and oxygen atoms in total. The number of phenols is 2. The van der Waals surface area contributed by atoms with Crippen LogP contribution in [0.5, 0.6) is 17.2 Å². The van der Waals surface area contributed by atoms with E-state index in [2.05, 4.69) is 10.2 Å². The average molecular weight is 308 g/mol. The van der Waals surface area contributed by atoms with Crippen LogP contribution in [0.3, 0.4) is 0 Å². The molecule has 0 fully saturated rings. The molecular formula is C18H16N2O3. The summed E-state index contributed by atoms with van der Waals surface area (Å²) < 4.78 is 5.10. The molecule has 0 saturated heterocycles. The molecule has 0 radical (unpaired) electrons. The van der Waals surface area contributed by atoms with Gasteiger partial charge in [-0.25, -0.2) is 0 Å². The summed E-state index contributed by atoms with van der Waals surface area (Å²) in [6, 6.07) is 14.2. The molecule has 0 heterocycles. The number of aryl methyl sites for hydroxylation is 1. The smallest absolute Gasteiger partial charge is 0.151 e. The van der Waals surface area contributed by atoms with E-state index in [1.165, 1.54) is 13.2 Å². The van der Waals surface area contributed by atoms with E-state index >= 15 is 0 Å². The second kappa shape index (κ2) is 5.96. The van der Waals surface area contributed by atoms with Gasteiger partial charge in [0.2, 0.25) is 0 Å². The van der Waals surface area contributed by atoms with Gasteiger partial charge in [-0.15, -0.1) is 10.2 Å². The third-order valence-corrected chi connectivity index (χ3v) is 3.63. The third-order valence-electron chi connectivity index (χ3n) is 3.63. The summed E-state index contributed by atoms with van der Waals surface area (Å²) in [4.78, 5) is 0. The van der Waals surface area contributed by atoms with E-state index in [1.54, 1.807) is 12.1 Å². The number of benzene rings is 3. The number of azo groups is 1. The minimum absolute atomic E-state index is 0.00696. The van der Waals surface area contributed by atoms with Crippen LogP contribution in [0, 0.1) is 6.92 Å². The minimum Gasteiger partial charge on any atom is -0.506 e. The van der Waals surface area contributed by atoms with Crippen LogP contribution in [-0.2, 0) is 0 Å². The molecule has 0 atom stereocenters. The van der Waals surface area contributed by atoms with Gasteiger partial charge in [0.15, 0.2) is 5.75 Å². The summed E-state index contributed by atoms with van der Waals surface area (Å²) >= 11 is 0. The summed E-state index contributed by atoms with van der Waals surface area (Å²) in [7, 11) is 1.53. The molecule has 0 bridgehead atoms. The van der Waals surface area contributed by atoms with Gasteiger partial charge in [-0.1, -0.05) is 24.3 Å². The Kier molecular flexibility index (Phi) is 3.85. The lowest BCUT2D eigenvalue weighted by Gasteiger charge is -2.07. The maximum absolute atomic E-state index is 10.4. The van der Waals surface area contributed by atoms with E-state index in [0.717, 1.165) is 10.9 Å². The Morgan fingerprint density at radius 3 is 2.52 bits per heavy atom. The molecule has 3 aromatic carbocycles. The fourth-order valence-corrected chi connectivity index (χ4v) is 2.39. The van der Waals surface area contributed by atoms with Crippen molar-refractivity contribution in [1.82, 2.24) is 0 Å². The molecular weight excluding hydrogens is 292 g/mol. The van der Waals surface area contributed by atoms with Gasteiger partial charge in [-0.3, -0.25) is 0 Å². The number of hydrogen-bond donors (Lipinski definition) is 2. The van der Waals surface area contributed by atoms with Gasteiger partial charge < -0.3 is 14.9 Å². The predicted molar refractivity (Wildman–Crippen MR) is 89.2 cm³/mol. The lowest BCUT2D eigenvalue weighted by atomic mass is 10.0. The van der Waals surface area contributed by atoms with Crippen LogP contribution < -0.4 is 4.74 Å². The Bertz CT molecular complexity index is 904. The van der Waals surface area contributed by atoms with E-state index in [9.17, 15) is 10.2 Å². The number of hydrogen-bond acceptors (Lipinski definition) is 5. The average Bonchev–Trinajstić information content (AvgIpc) is 2.56. The van der Waals surface area contributed by atoms with Crippen molar-refractivity contribution in [2.45, 2.75) is 6.92 Å². The molecule has 0 unspecified atom stereocenters. The number of aromatic hydroxyl groups is 2. The van der Waals surface area contributed by atoms with Gasteiger partial charge in [0.1, 0.15) is 22.9 Å². The van der Waals surface area contributed by atoms with Crippen LogP contribution in [0.4, 0.5) is 11.4 Å². The monoisotopic (exact) mass is 308 g/mol. The molecule has 116 valence electrons. The predicted octanol–water partition coefficient (Wildman–Crippen LogP) is 4.98. The van der Waals surface area contributed by atoms with Gasteiger partial charge in [-0.05, 0) is 36.1 Å². The molecule has 23 heavy (non-hydrogen) atoms. The highest BCUT2D eigenvalue weighted by atomic mass is 16.5. The SMILES string of the molecule is COc1ccc(O)c(N=Nc2c(C)cc3ccccc3c2O)c1. The Morgan fingerprint density at radius 2 is 1.74 bits per heavy atom. The summed E-state index contributed by atoms with van der Waals surface area (Å²) in [5.74, 6) is 0.635. The van der Waals surface area contributed by atoms with E-state index in [0.29, 0.717) is 16.8 Å². The molecule has 0 aliphatic rings. The first-order chi connectivity index (χ1) is 11.1. The van der Waals surface area contributed by atoms with Crippen molar-refractivity contribution in [3.8, 4) is 17.2 Å². The van der Waals surface area contributed by atoms with Crippen LogP contribution in [0.2, 0.25) is 0 Å². The van der Waals surface area contributed by atoms with Gasteiger partial charge in [0.25, 0.3) is 0 Å². The van der Waals surface area contributed by atoms with Gasteiger partial charge in [-0.2, -0.15) is 0 Å². The molecule has 0 aliphatic carbocycles. The molecule has 5 heteroatoms. The molecule has 0 spiro atoms. The quantitative estimate of drug-likeness (QED) is 0.670. The zero-order valence-corrected chi connectivity index (χ0v) is 12.8. The maximum Gasteiger partial charge on any atom is 0.151 e. The Hall–Kier alpha value is -3.08. The second-order valence-corrected chi connectivity index (χ2v) is 5.17. The molecule has 3 rings (SSSR count). The topological polar surface area (TPSA) is 74.4 Å². The van der Waals surface area contributed by atoms with Crippen molar-refractivity contribution in [2.75, 3.05) is 7.11 Å². The van der Waals surface area contributed by atoms with Crippen LogP contribution in [0.1, 0.15) is 5.56 Å². The number of phenolic OH excluding ortho intramolecular Hbond substituents is 2. The third kappa shape index (κ3) is 2.81. The van der Waals surface area contributed by atoms with Crippen LogP contribution in [0.25, 0.3) is 10.8 Å². The Labute approximate surface area is 133 Å². The number of ether oxygens (including phenoxy) is 1. The van der Waals surface area contributed by atoms with E-state index in [-0.39, 0.29) is 17.2 Å². The Balaban J connectivity index is 2.08. The number of fused-ring (bicyclic) bond motifs is 1. The van der Waals surface area contributed by atoms with Gasteiger partial charge in [0.05, 0.1) is 7.11 Å². The molecule has 3 aromatic rings. The number of methoxy groups -OCH3 is 1. The standard InChI is InChI=1S/C18H16N2O3/c1-11-9-12-5-3-4-6-14(12)18(22)17(11)20-19-15-10-13(23-2)7-8-16(15)21/h3-10,21-22H,1-2H3. The molecule has 0 saturated carbocycles. The fraction of sp³-hybridized carbons (Fsp3) is 0.111. The van der Waals surface area contributed by atoms with Crippen molar-refractivity contribution in [1.29, 1.82) is 0 Å². The first kappa shape index (κ1) is 14.8. The van der Waals surface area contributed by atoms with E-state index in [1.807, 2.05) is 37.3 Å². The Morgan fingerprint density at radius 1 is 0.957 bits per heavy atom. The van der Waals surface area contributed by atoms with Crippen LogP contribution >= 0.6 is 0 Å². The molecule has 0 aromatic heterocycles. The summed E-state index contributed by atoms with van der Waals surface area (Å²) in [5.41, 5.74) is 1.45. The molecule has 0 aliphatic heterocycles. The van der Waals surface area contributed by atoms with Crippen LogP contribution in [-0.4, -0.2) is 17.3 Å². The van der Waals surface area contributed by atoms with Gasteiger partial charge >= 0.3 is 0 Å². The van der Waals surface area contributed by atoms with Gasteiger partial charge in [0, 0.05) is 11.5 Å². The van der Waals surface area contributed by atoms with Crippen molar-refractivity contribution in [3.05, 3.63) is 54.1 Å². The summed E-state index contributed by atoms with van der Waals surface area (Å²) in [5, 5.41) is 30.1. The van der Waals surface area contributed by atoms with Crippen molar-refractivity contribution < 1.29 is 14.9 Å². The second-order valence-electron chi connectivity index (χ2n) is 5.17. The minimum atomic E-state index is -0.00696.